The van der Waals surface area contributed by atoms with Gasteiger partial charge in [-0.2, -0.15) is 12.6 Å². The van der Waals surface area contributed by atoms with Gasteiger partial charge >= 0.3 is 5.97 Å². The number of hydrogen-bond acceptors (Lipinski definition) is 8. The summed E-state index contributed by atoms with van der Waals surface area (Å²) in [5.41, 5.74) is 5.67. The van der Waals surface area contributed by atoms with Gasteiger partial charge in [-0.1, -0.05) is 41.5 Å². The molecule has 0 aromatic rings. The standard InChI is InChI=1S/C22H41N5O7S/c1-9(2)14(24-18(29)13(23)8-35)19(30)25-15(10(3)4)20(31)26-16(11(5)6)21(32)27-17(12(7)28)22(33)34/h9-17,28,35H,8,23H2,1-7H3,(H,24,29)(H,25,30)(H,26,31)(H,27,32)(H,33,34)/t12-,13+,14+,15+,16+,17+/m1/s1. The zero-order valence-corrected chi connectivity index (χ0v) is 22.3. The molecule has 0 radical (unpaired) electrons. The van der Waals surface area contributed by atoms with Crippen LogP contribution in [-0.2, 0) is 24.0 Å². The molecule has 0 unspecified atom stereocenters. The van der Waals surface area contributed by atoms with E-state index in [1.807, 2.05) is 0 Å². The zero-order chi connectivity index (χ0) is 27.6. The average Bonchev–Trinajstić information content (AvgIpc) is 2.75. The highest BCUT2D eigenvalue weighted by Gasteiger charge is 2.35. The summed E-state index contributed by atoms with van der Waals surface area (Å²) in [4.78, 5) is 62.2. The molecule has 0 rings (SSSR count). The number of nitrogens with one attached hydrogen (secondary N) is 4. The van der Waals surface area contributed by atoms with Crippen molar-refractivity contribution < 1.29 is 34.2 Å². The third kappa shape index (κ3) is 10.4. The number of nitrogens with two attached hydrogens (primary N) is 1. The van der Waals surface area contributed by atoms with E-state index in [0.29, 0.717) is 0 Å². The van der Waals surface area contributed by atoms with Crippen LogP contribution >= 0.6 is 12.6 Å². The van der Waals surface area contributed by atoms with Crippen molar-refractivity contribution in [2.45, 2.75) is 84.8 Å². The summed E-state index contributed by atoms with van der Waals surface area (Å²) in [6.07, 6.45) is -1.36. The van der Waals surface area contributed by atoms with Gasteiger partial charge in [0.1, 0.15) is 18.1 Å². The van der Waals surface area contributed by atoms with E-state index >= 15 is 0 Å². The summed E-state index contributed by atoms with van der Waals surface area (Å²) >= 11 is 3.98. The Balaban J connectivity index is 5.61. The maximum atomic E-state index is 13.1. The van der Waals surface area contributed by atoms with E-state index in [2.05, 4.69) is 33.9 Å². The monoisotopic (exact) mass is 519 g/mol. The molecule has 0 aromatic carbocycles. The van der Waals surface area contributed by atoms with Gasteiger partial charge in [0.15, 0.2) is 6.04 Å². The number of carboxylic acid groups (broad SMARTS) is 1. The van der Waals surface area contributed by atoms with Gasteiger partial charge < -0.3 is 37.2 Å². The normalized spacial score (nSPS) is 16.6. The molecule has 0 saturated carbocycles. The summed E-state index contributed by atoms with van der Waals surface area (Å²) in [6, 6.07) is -5.61. The lowest BCUT2D eigenvalue weighted by Crippen LogP contribution is -2.61. The minimum atomic E-state index is -1.56. The van der Waals surface area contributed by atoms with Crippen LogP contribution in [0.25, 0.3) is 0 Å². The van der Waals surface area contributed by atoms with Gasteiger partial charge in [0.25, 0.3) is 0 Å². The van der Waals surface area contributed by atoms with Crippen LogP contribution in [0.5, 0.6) is 0 Å². The number of amides is 4. The molecule has 0 aliphatic heterocycles. The highest BCUT2D eigenvalue weighted by atomic mass is 32.1. The number of thiol groups is 1. The lowest BCUT2D eigenvalue weighted by Gasteiger charge is -2.30. The molecule has 35 heavy (non-hydrogen) atoms. The molecule has 13 heteroatoms. The zero-order valence-electron chi connectivity index (χ0n) is 21.4. The van der Waals surface area contributed by atoms with Crippen molar-refractivity contribution >= 4 is 42.2 Å². The second-order valence-corrected chi connectivity index (χ2v) is 9.91. The van der Waals surface area contributed by atoms with Crippen molar-refractivity contribution in [3.05, 3.63) is 0 Å². The van der Waals surface area contributed by atoms with Crippen LogP contribution in [0.15, 0.2) is 0 Å². The molecule has 0 fully saturated rings. The Kier molecular flexibility index (Phi) is 13.9. The molecule has 0 heterocycles. The van der Waals surface area contributed by atoms with E-state index in [1.165, 1.54) is 6.92 Å². The van der Waals surface area contributed by atoms with E-state index in [0.717, 1.165) is 0 Å². The molecule has 12 nitrogen and oxygen atoms in total. The second-order valence-electron chi connectivity index (χ2n) is 9.54. The Hall–Kier alpha value is -2.38. The maximum absolute atomic E-state index is 13.1. The second kappa shape index (κ2) is 14.9. The first kappa shape index (κ1) is 32.6. The Labute approximate surface area is 211 Å². The number of hydrogen-bond donors (Lipinski definition) is 8. The first-order valence-electron chi connectivity index (χ1n) is 11.5. The molecule has 0 bridgehead atoms. The van der Waals surface area contributed by atoms with Gasteiger partial charge in [-0.15, -0.1) is 0 Å². The molecule has 0 saturated heterocycles. The highest BCUT2D eigenvalue weighted by Crippen LogP contribution is 2.10. The first-order valence-corrected chi connectivity index (χ1v) is 12.2. The molecule has 0 aliphatic rings. The van der Waals surface area contributed by atoms with Gasteiger partial charge in [0, 0.05) is 5.75 Å². The quantitative estimate of drug-likeness (QED) is 0.128. The van der Waals surface area contributed by atoms with Crippen LogP contribution in [0.4, 0.5) is 0 Å². The number of aliphatic carboxylic acids is 1. The summed E-state index contributed by atoms with van der Waals surface area (Å²) < 4.78 is 0. The summed E-state index contributed by atoms with van der Waals surface area (Å²) in [5, 5.41) is 28.8. The fourth-order valence-corrected chi connectivity index (χ4v) is 3.23. The minimum Gasteiger partial charge on any atom is -0.480 e. The Morgan fingerprint density at radius 3 is 1.17 bits per heavy atom. The Morgan fingerprint density at radius 1 is 0.657 bits per heavy atom. The van der Waals surface area contributed by atoms with Crippen LogP contribution in [0.3, 0.4) is 0 Å². The first-order chi connectivity index (χ1) is 16.0. The predicted octanol–water partition coefficient (Wildman–Crippen LogP) is -1.38. The molecular weight excluding hydrogens is 478 g/mol. The fourth-order valence-electron chi connectivity index (χ4n) is 3.07. The number of carbonyl (C=O) groups excluding carboxylic acids is 4. The van der Waals surface area contributed by atoms with Crippen molar-refractivity contribution in [3.8, 4) is 0 Å². The van der Waals surface area contributed by atoms with E-state index in [-0.39, 0.29) is 17.6 Å². The van der Waals surface area contributed by atoms with Crippen LogP contribution in [0.1, 0.15) is 48.5 Å². The number of rotatable bonds is 14. The molecule has 4 amide bonds. The SMILES string of the molecule is CC(C)[C@H](NC(=O)[C@@H](NC(=O)[C@@H](N)CS)C(C)C)C(=O)N[C@H](C(=O)N[C@H](C(=O)O)[C@@H](C)O)C(C)C. The Morgan fingerprint density at radius 2 is 0.943 bits per heavy atom. The number of aliphatic hydroxyl groups is 1. The summed E-state index contributed by atoms with van der Waals surface area (Å²) in [6.45, 7) is 11.4. The average molecular weight is 520 g/mol. The highest BCUT2D eigenvalue weighted by molar-refractivity contribution is 7.80. The lowest BCUT2D eigenvalue weighted by molar-refractivity contribution is -0.145. The Bertz CT molecular complexity index is 760. The van der Waals surface area contributed by atoms with Crippen LogP contribution in [-0.4, -0.2) is 81.9 Å². The van der Waals surface area contributed by atoms with E-state index in [9.17, 15) is 34.2 Å². The van der Waals surface area contributed by atoms with Gasteiger partial charge in [0.05, 0.1) is 12.1 Å². The van der Waals surface area contributed by atoms with Crippen molar-refractivity contribution in [1.29, 1.82) is 0 Å². The molecule has 0 spiro atoms. The van der Waals surface area contributed by atoms with Gasteiger partial charge in [-0.3, -0.25) is 19.2 Å². The van der Waals surface area contributed by atoms with Crippen molar-refractivity contribution in [1.82, 2.24) is 21.3 Å². The van der Waals surface area contributed by atoms with E-state index < -0.39 is 71.8 Å². The summed E-state index contributed by atoms with van der Waals surface area (Å²) in [7, 11) is 0. The number of aliphatic hydroxyl groups excluding tert-OH is 1. The van der Waals surface area contributed by atoms with Crippen LogP contribution < -0.4 is 27.0 Å². The molecule has 0 aromatic heterocycles. The summed E-state index contributed by atoms with van der Waals surface area (Å²) in [5.74, 6) is -5.07. The van der Waals surface area contributed by atoms with Crippen molar-refractivity contribution in [2.75, 3.05) is 5.75 Å². The topological polar surface area (TPSA) is 200 Å². The van der Waals surface area contributed by atoms with E-state index in [4.69, 9.17) is 5.73 Å². The predicted molar refractivity (Wildman–Crippen MR) is 133 cm³/mol. The third-order valence-electron chi connectivity index (χ3n) is 5.32. The molecule has 0 aliphatic carbocycles. The van der Waals surface area contributed by atoms with Crippen molar-refractivity contribution in [2.24, 2.45) is 23.5 Å². The largest absolute Gasteiger partial charge is 0.480 e. The van der Waals surface area contributed by atoms with Gasteiger partial charge in [-0.05, 0) is 24.7 Å². The molecule has 6 atom stereocenters. The molecular formula is C22H41N5O7S. The van der Waals surface area contributed by atoms with Crippen LogP contribution in [0, 0.1) is 17.8 Å². The van der Waals surface area contributed by atoms with Crippen LogP contribution in [0.2, 0.25) is 0 Å². The molecule has 8 N–H and O–H groups in total. The molecule has 202 valence electrons. The van der Waals surface area contributed by atoms with Gasteiger partial charge in [0.2, 0.25) is 23.6 Å². The fraction of sp³-hybridized carbons (Fsp3) is 0.773. The van der Waals surface area contributed by atoms with Crippen molar-refractivity contribution in [3.63, 3.8) is 0 Å². The maximum Gasteiger partial charge on any atom is 0.328 e. The van der Waals surface area contributed by atoms with Gasteiger partial charge in [-0.25, -0.2) is 4.79 Å². The number of carboxylic acids is 1. The minimum absolute atomic E-state index is 0.0890. The van der Waals surface area contributed by atoms with E-state index in [1.54, 1.807) is 41.5 Å². The number of carbonyl (C=O) groups is 5. The third-order valence-corrected chi connectivity index (χ3v) is 5.71. The lowest BCUT2D eigenvalue weighted by atomic mass is 9.97. The smallest absolute Gasteiger partial charge is 0.328 e.